The molecule has 0 aliphatic heterocycles. The van der Waals surface area contributed by atoms with E-state index in [0.29, 0.717) is 0 Å². The summed E-state index contributed by atoms with van der Waals surface area (Å²) in [4.78, 5) is 0. The van der Waals surface area contributed by atoms with E-state index in [1.807, 2.05) is 0 Å². The van der Waals surface area contributed by atoms with E-state index in [-0.39, 0.29) is 53.7 Å². The second-order valence-electron chi connectivity index (χ2n) is 0.0680. The molecule has 0 spiro atoms. The molecule has 0 aliphatic carbocycles. The maximum absolute atomic E-state index is 2.92. The summed E-state index contributed by atoms with van der Waals surface area (Å²) in [5.41, 5.74) is 0. The van der Waals surface area contributed by atoms with Crippen LogP contribution in [0.15, 0.2) is 0 Å². The Labute approximate surface area is 78.2 Å². The molecule has 6 heteroatoms. The third-order valence-corrected chi connectivity index (χ3v) is 0. The minimum atomic E-state index is -0.000000000000000111. The van der Waals surface area contributed by atoms with Crippen molar-refractivity contribution in [2.45, 2.75) is 0 Å². The second-order valence-corrected chi connectivity index (χ2v) is 15.0. The molecule has 0 radical (unpaired) electrons. The predicted octanol–water partition coefficient (Wildman–Crippen LogP) is -0.596. The second kappa shape index (κ2) is 24.4. The minimum absolute atomic E-state index is 0. The van der Waals surface area contributed by atoms with Gasteiger partial charge in [0.05, 0.1) is 0 Å². The van der Waals surface area contributed by atoms with Gasteiger partial charge in [0.2, 0.25) is 0 Å². The average Bonchev–Trinajstić information content (AvgIpc) is 0.918. The Morgan fingerprint density at radius 1 is 1.17 bits per heavy atom. The summed E-state index contributed by atoms with van der Waals surface area (Å²) in [5.74, 6) is 0. The molecule has 0 aliphatic rings. The van der Waals surface area contributed by atoms with E-state index in [1.165, 1.54) is 0 Å². The van der Waals surface area contributed by atoms with E-state index in [9.17, 15) is 0 Å². The van der Waals surface area contributed by atoms with Gasteiger partial charge in [-0.1, -0.05) is 0 Å². The molecular weight excluding hydrogens is 461 g/mol. The van der Waals surface area contributed by atoms with Crippen molar-refractivity contribution in [3.63, 3.8) is 0 Å². The maximum atomic E-state index is 2.92. The van der Waals surface area contributed by atoms with Crippen molar-refractivity contribution in [3.05, 3.63) is 0 Å². The summed E-state index contributed by atoms with van der Waals surface area (Å²) in [5, 5.41) is 0. The van der Waals surface area contributed by atoms with Crippen LogP contribution < -0.4 is 0 Å². The quantitative estimate of drug-likeness (QED) is 0.331. The summed E-state index contributed by atoms with van der Waals surface area (Å²) >= 11 is 5.83. The summed E-state index contributed by atoms with van der Waals surface area (Å²) in [6.45, 7) is 0. The van der Waals surface area contributed by atoms with Crippen LogP contribution in [0.2, 0.25) is 0 Å². The average molecular weight is 466 g/mol. The van der Waals surface area contributed by atoms with Gasteiger partial charge in [0.15, 0.2) is 0 Å². The number of hydrogen-bond donors (Lipinski definition) is 0. The Kier molecular flexibility index (Phi) is 93.8. The van der Waals surface area contributed by atoms with E-state index in [4.69, 9.17) is 0 Å². The van der Waals surface area contributed by atoms with Crippen LogP contribution in [-0.2, 0) is 30.3 Å². The zero-order valence-electron chi connectivity index (χ0n) is 2.79. The first-order chi connectivity index (χ1) is 1.41. The van der Waals surface area contributed by atoms with Gasteiger partial charge >= 0.3 is 38.9 Å². The molecule has 6 heavy (non-hydrogen) atoms. The molecule has 0 heterocycles. The first-order valence-electron chi connectivity index (χ1n) is 0.333. The SMILES string of the molecule is P.S.[Fe].[Se]=[W]=[Se]. The summed E-state index contributed by atoms with van der Waals surface area (Å²) in [6.07, 6.45) is 0. The van der Waals surface area contributed by atoms with Gasteiger partial charge in [-0.05, 0) is 0 Å². The molecule has 1 unspecified atom stereocenters. The van der Waals surface area contributed by atoms with Crippen LogP contribution >= 0.6 is 23.4 Å². The van der Waals surface area contributed by atoms with Gasteiger partial charge in [-0.25, -0.2) is 0 Å². The molecule has 1 atom stereocenters. The van der Waals surface area contributed by atoms with Gasteiger partial charge < -0.3 is 0 Å². The molecule has 0 rings (SSSR count). The first kappa shape index (κ1) is 23.0. The zero-order chi connectivity index (χ0) is 2.71. The van der Waals surface area contributed by atoms with E-state index in [2.05, 4.69) is 25.6 Å². The van der Waals surface area contributed by atoms with Crippen molar-refractivity contribution < 1.29 is 30.3 Å². The van der Waals surface area contributed by atoms with Crippen LogP contribution in [0, 0.1) is 0 Å². The van der Waals surface area contributed by atoms with Crippen LogP contribution in [0.4, 0.5) is 0 Å². The van der Waals surface area contributed by atoms with Crippen molar-refractivity contribution >= 4 is 49.0 Å². The molecule has 0 saturated carbocycles. The zero-order valence-corrected chi connectivity index (χ0v) is 12.7. The molecule has 0 nitrogen and oxygen atoms in total. The van der Waals surface area contributed by atoms with Crippen molar-refractivity contribution in [2.75, 3.05) is 0 Å². The number of hydrogen-bond acceptors (Lipinski definition) is 0. The Morgan fingerprint density at radius 2 is 1.17 bits per heavy atom. The van der Waals surface area contributed by atoms with Crippen molar-refractivity contribution in [1.29, 1.82) is 0 Å². The Balaban J connectivity index is -0.00000000667. The van der Waals surface area contributed by atoms with Crippen LogP contribution in [0.1, 0.15) is 0 Å². The van der Waals surface area contributed by atoms with Gasteiger partial charge in [-0.3, -0.25) is 0 Å². The van der Waals surface area contributed by atoms with Crippen LogP contribution in [0.5, 0.6) is 0 Å². The summed E-state index contributed by atoms with van der Waals surface area (Å²) < 4.78 is 0. The van der Waals surface area contributed by atoms with Crippen LogP contribution in [-0.4, -0.2) is 25.6 Å². The third kappa shape index (κ3) is 27.9. The van der Waals surface area contributed by atoms with Gasteiger partial charge in [0.1, 0.15) is 0 Å². The van der Waals surface area contributed by atoms with Gasteiger partial charge in [-0.15, -0.1) is 0 Å². The fourth-order valence-electron chi connectivity index (χ4n) is 0. The summed E-state index contributed by atoms with van der Waals surface area (Å²) in [6, 6.07) is 0. The normalized spacial score (nSPS) is 2.00. The van der Waals surface area contributed by atoms with E-state index in [0.717, 1.165) is 0 Å². The van der Waals surface area contributed by atoms with E-state index < -0.39 is 0 Å². The van der Waals surface area contributed by atoms with Gasteiger partial charge in [0, 0.05) is 17.1 Å². The van der Waals surface area contributed by atoms with Crippen LogP contribution in [0.25, 0.3) is 0 Å². The van der Waals surface area contributed by atoms with Crippen LogP contribution in [0.3, 0.4) is 0 Å². The van der Waals surface area contributed by atoms with E-state index in [1.54, 1.807) is 0 Å². The molecule has 0 amide bonds. The van der Waals surface area contributed by atoms with Gasteiger partial charge in [-0.2, -0.15) is 23.4 Å². The molecule has 0 saturated heterocycles. The fourth-order valence-corrected chi connectivity index (χ4v) is 0. The van der Waals surface area contributed by atoms with Crippen molar-refractivity contribution in [2.24, 2.45) is 0 Å². The molecule has 0 aromatic heterocycles. The van der Waals surface area contributed by atoms with Crippen molar-refractivity contribution in [1.82, 2.24) is 0 Å². The number of rotatable bonds is 0. The molecule has 0 N–H and O–H groups in total. The summed E-state index contributed by atoms with van der Waals surface area (Å²) in [7, 11) is 0. The topological polar surface area (TPSA) is 0 Å². The molecule has 0 bridgehead atoms. The third-order valence-electron chi connectivity index (χ3n) is 0. The fraction of sp³-hybridized carbons (Fsp3) is 0. The van der Waals surface area contributed by atoms with Gasteiger partial charge in [0.25, 0.3) is 0 Å². The molecule has 42 valence electrons. The molecule has 0 fully saturated rings. The standard InChI is InChI=1S/Fe.H3P.H2S.2Se.W/h;1H3;1H2;;;. The Hall–Kier alpha value is 3.03. The molecule has 0 aromatic carbocycles. The molecule has 0 aromatic rings. The Morgan fingerprint density at radius 3 is 1.17 bits per heavy atom. The predicted molar refractivity (Wildman–Crippen MR) is 33.0 cm³/mol. The van der Waals surface area contributed by atoms with Crippen molar-refractivity contribution in [3.8, 4) is 0 Å². The monoisotopic (exact) mass is 468 g/mol. The Bertz CT molecular complexity index is 34.5. The molecular formula is H5FePSSe2W. The van der Waals surface area contributed by atoms with E-state index >= 15 is 0 Å². The first-order valence-corrected chi connectivity index (χ1v) is 14.2.